The lowest BCUT2D eigenvalue weighted by atomic mass is 9.66. The van der Waals surface area contributed by atoms with Crippen LogP contribution < -0.4 is 0 Å². The molecule has 0 heterocycles. The largest absolute Gasteiger partial charge is 0.102 e. The van der Waals surface area contributed by atoms with Gasteiger partial charge in [0, 0.05) is 5.92 Å². The van der Waals surface area contributed by atoms with Gasteiger partial charge >= 0.3 is 0 Å². The molecule has 0 saturated carbocycles. The maximum absolute atomic E-state index is 4.19. The molecular weight excluding hydrogens is 264 g/mol. The van der Waals surface area contributed by atoms with Crippen LogP contribution >= 0.6 is 0 Å². The first-order chi connectivity index (χ1) is 10.8. The molecule has 0 aromatic heterocycles. The Morgan fingerprint density at radius 2 is 1.59 bits per heavy atom. The molecule has 0 bridgehead atoms. The molecule has 0 spiro atoms. The van der Waals surface area contributed by atoms with Gasteiger partial charge in [0.15, 0.2) is 0 Å². The summed E-state index contributed by atoms with van der Waals surface area (Å²) in [5.74, 6) is 0.401. The number of allylic oxidation sites excluding steroid dienone is 2. The lowest BCUT2D eigenvalue weighted by Crippen LogP contribution is -2.25. The molecule has 0 heteroatoms. The highest BCUT2D eigenvalue weighted by molar-refractivity contribution is 5.92. The van der Waals surface area contributed by atoms with E-state index in [0.29, 0.717) is 5.92 Å². The van der Waals surface area contributed by atoms with Crippen molar-refractivity contribution in [3.05, 3.63) is 83.9 Å². The molecule has 0 saturated heterocycles. The Morgan fingerprint density at radius 1 is 0.955 bits per heavy atom. The highest BCUT2D eigenvalue weighted by Gasteiger charge is 2.40. The van der Waals surface area contributed by atoms with Crippen LogP contribution in [0, 0.1) is 5.41 Å². The van der Waals surface area contributed by atoms with Gasteiger partial charge in [-0.05, 0) is 40.5 Å². The Kier molecular flexibility index (Phi) is 4.02. The topological polar surface area (TPSA) is 0 Å². The highest BCUT2D eigenvalue weighted by Crippen LogP contribution is 2.54. The van der Waals surface area contributed by atoms with E-state index in [1.165, 1.54) is 22.3 Å². The van der Waals surface area contributed by atoms with E-state index in [0.717, 1.165) is 12.8 Å². The minimum Gasteiger partial charge on any atom is -0.102 e. The van der Waals surface area contributed by atoms with Crippen LogP contribution in [0.2, 0.25) is 0 Å². The zero-order valence-electron chi connectivity index (χ0n) is 13.5. The van der Waals surface area contributed by atoms with Crippen molar-refractivity contribution in [1.29, 1.82) is 0 Å². The van der Waals surface area contributed by atoms with Crippen LogP contribution in [0.1, 0.15) is 49.3 Å². The van der Waals surface area contributed by atoms with Gasteiger partial charge < -0.3 is 0 Å². The van der Waals surface area contributed by atoms with Gasteiger partial charge in [-0.25, -0.2) is 0 Å². The zero-order valence-corrected chi connectivity index (χ0v) is 13.5. The first-order valence-electron chi connectivity index (χ1n) is 8.25. The molecule has 0 fully saturated rings. The number of fused-ring (bicyclic) bond motifs is 1. The Hall–Kier alpha value is -2.08. The fraction of sp³-hybridized carbons (Fsp3) is 0.273. The van der Waals surface area contributed by atoms with Crippen molar-refractivity contribution in [1.82, 2.24) is 0 Å². The molecular formula is C22H24. The predicted molar refractivity (Wildman–Crippen MR) is 96.7 cm³/mol. The van der Waals surface area contributed by atoms with Crippen molar-refractivity contribution in [2.45, 2.75) is 32.6 Å². The van der Waals surface area contributed by atoms with Crippen LogP contribution in [0.4, 0.5) is 0 Å². The van der Waals surface area contributed by atoms with E-state index < -0.39 is 0 Å². The van der Waals surface area contributed by atoms with Crippen molar-refractivity contribution >= 4 is 11.6 Å². The molecule has 0 nitrogen and oxygen atoms in total. The Morgan fingerprint density at radius 3 is 2.23 bits per heavy atom. The normalized spacial score (nSPS) is 17.0. The summed E-state index contributed by atoms with van der Waals surface area (Å²) in [6.45, 7) is 8.77. The second kappa shape index (κ2) is 5.96. The zero-order chi connectivity index (χ0) is 15.6. The molecule has 1 aliphatic rings. The second-order valence-corrected chi connectivity index (χ2v) is 6.17. The smallest absolute Gasteiger partial charge is 0.0192 e. The van der Waals surface area contributed by atoms with Crippen molar-refractivity contribution in [2.24, 2.45) is 5.41 Å². The molecule has 0 amide bonds. The van der Waals surface area contributed by atoms with E-state index in [4.69, 9.17) is 0 Å². The van der Waals surface area contributed by atoms with Crippen molar-refractivity contribution in [2.75, 3.05) is 0 Å². The van der Waals surface area contributed by atoms with Crippen LogP contribution in [0.5, 0.6) is 0 Å². The van der Waals surface area contributed by atoms with E-state index in [2.05, 4.69) is 87.2 Å². The first-order valence-corrected chi connectivity index (χ1v) is 8.25. The molecule has 22 heavy (non-hydrogen) atoms. The molecule has 1 aliphatic carbocycles. The van der Waals surface area contributed by atoms with E-state index in [9.17, 15) is 0 Å². The minimum absolute atomic E-state index is 0.119. The predicted octanol–water partition coefficient (Wildman–Crippen LogP) is 6.32. The number of hydrogen-bond donors (Lipinski definition) is 0. The van der Waals surface area contributed by atoms with Crippen molar-refractivity contribution in [3.63, 3.8) is 0 Å². The fourth-order valence-corrected chi connectivity index (χ4v) is 3.89. The summed E-state index contributed by atoms with van der Waals surface area (Å²) in [4.78, 5) is 0. The third kappa shape index (κ3) is 2.23. The first kappa shape index (κ1) is 14.8. The van der Waals surface area contributed by atoms with Crippen LogP contribution in [-0.2, 0) is 0 Å². The molecule has 1 atom stereocenters. The maximum atomic E-state index is 4.19. The van der Waals surface area contributed by atoms with E-state index in [1.54, 1.807) is 0 Å². The minimum atomic E-state index is 0.119. The number of hydrogen-bond acceptors (Lipinski definition) is 0. The molecule has 0 aliphatic heterocycles. The van der Waals surface area contributed by atoms with Crippen LogP contribution in [0.25, 0.3) is 11.6 Å². The Balaban J connectivity index is 2.19. The molecule has 2 aromatic carbocycles. The van der Waals surface area contributed by atoms with Crippen molar-refractivity contribution in [3.8, 4) is 0 Å². The molecule has 112 valence electrons. The highest BCUT2D eigenvalue weighted by atomic mass is 14.4. The molecule has 0 N–H and O–H groups in total. The van der Waals surface area contributed by atoms with Crippen molar-refractivity contribution < 1.29 is 0 Å². The lowest BCUT2D eigenvalue weighted by molar-refractivity contribution is 0.323. The fourth-order valence-electron chi connectivity index (χ4n) is 3.89. The third-order valence-electron chi connectivity index (χ3n) is 5.33. The van der Waals surface area contributed by atoms with Gasteiger partial charge in [-0.15, -0.1) is 6.58 Å². The summed E-state index contributed by atoms with van der Waals surface area (Å²) in [7, 11) is 0. The van der Waals surface area contributed by atoms with Crippen LogP contribution in [-0.4, -0.2) is 0 Å². The van der Waals surface area contributed by atoms with Gasteiger partial charge in [-0.2, -0.15) is 0 Å². The van der Waals surface area contributed by atoms with Gasteiger partial charge in [-0.3, -0.25) is 0 Å². The maximum Gasteiger partial charge on any atom is 0.0192 e. The monoisotopic (exact) mass is 288 g/mol. The molecule has 1 unspecified atom stereocenters. The summed E-state index contributed by atoms with van der Waals surface area (Å²) < 4.78 is 0. The summed E-state index contributed by atoms with van der Waals surface area (Å²) in [5, 5.41) is 0. The number of benzene rings is 2. The summed E-state index contributed by atoms with van der Waals surface area (Å²) in [6.07, 6.45) is 6.78. The Bertz CT molecular complexity index is 687. The van der Waals surface area contributed by atoms with E-state index in [-0.39, 0.29) is 5.41 Å². The van der Waals surface area contributed by atoms with Gasteiger partial charge in [0.05, 0.1) is 0 Å². The lowest BCUT2D eigenvalue weighted by Gasteiger charge is -2.37. The van der Waals surface area contributed by atoms with Gasteiger partial charge in [0.1, 0.15) is 0 Å². The average molecular weight is 288 g/mol. The SMILES string of the molecule is C=CC(CC)(CC)C1C(c2ccccc2)=Cc2ccccc21. The summed E-state index contributed by atoms with van der Waals surface area (Å²) in [6, 6.07) is 19.6. The molecule has 2 aromatic rings. The Labute approximate surface area is 134 Å². The third-order valence-corrected chi connectivity index (χ3v) is 5.33. The average Bonchev–Trinajstić information content (AvgIpc) is 2.98. The van der Waals surface area contributed by atoms with E-state index >= 15 is 0 Å². The molecule has 3 rings (SSSR count). The number of rotatable bonds is 5. The van der Waals surface area contributed by atoms with Gasteiger partial charge in [0.2, 0.25) is 0 Å². The van der Waals surface area contributed by atoms with Gasteiger partial charge in [0.25, 0.3) is 0 Å². The standard InChI is InChI=1S/C22H24/c1-4-22(5-2,6-3)21-19-15-11-10-14-18(19)16-20(21)17-12-8-7-9-13-17/h4,7-16,21H,1,5-6H2,2-3H3. The quantitative estimate of drug-likeness (QED) is 0.565. The summed E-state index contributed by atoms with van der Waals surface area (Å²) in [5.41, 5.74) is 5.69. The van der Waals surface area contributed by atoms with Crippen LogP contribution in [0.15, 0.2) is 67.3 Å². The van der Waals surface area contributed by atoms with Gasteiger partial charge in [-0.1, -0.05) is 80.6 Å². The molecule has 0 radical (unpaired) electrons. The van der Waals surface area contributed by atoms with E-state index in [1.807, 2.05) is 0 Å². The summed E-state index contributed by atoms with van der Waals surface area (Å²) >= 11 is 0. The second-order valence-electron chi connectivity index (χ2n) is 6.17. The van der Waals surface area contributed by atoms with Crippen LogP contribution in [0.3, 0.4) is 0 Å².